The first-order valence-corrected chi connectivity index (χ1v) is 5.05. The van der Waals surface area contributed by atoms with Crippen LogP contribution in [0.25, 0.3) is 0 Å². The van der Waals surface area contributed by atoms with Crippen LogP contribution in [0.2, 0.25) is 0 Å². The summed E-state index contributed by atoms with van der Waals surface area (Å²) in [6.45, 7) is 1.89. The van der Waals surface area contributed by atoms with E-state index in [1.165, 1.54) is 12.1 Å². The van der Waals surface area contributed by atoms with Gasteiger partial charge in [0.2, 0.25) is 0 Å². The molecule has 0 saturated heterocycles. The van der Waals surface area contributed by atoms with E-state index in [9.17, 15) is 8.78 Å². The van der Waals surface area contributed by atoms with Gasteiger partial charge in [-0.05, 0) is 0 Å². The first-order chi connectivity index (χ1) is 6.59. The molecular weight excluding hydrogens is 253 g/mol. The molecule has 4 heteroatoms. The van der Waals surface area contributed by atoms with Crippen LogP contribution >= 0.6 is 0 Å². The van der Waals surface area contributed by atoms with Crippen molar-refractivity contribution >= 4 is 20.2 Å². The number of hydrogen-bond acceptors (Lipinski definition) is 1. The van der Waals surface area contributed by atoms with Gasteiger partial charge in [0.05, 0.1) is 0 Å². The van der Waals surface area contributed by atoms with Crippen LogP contribution in [0.4, 0.5) is 8.78 Å². The summed E-state index contributed by atoms with van der Waals surface area (Å²) in [4.78, 5) is 0. The Balaban J connectivity index is 2.90. The van der Waals surface area contributed by atoms with E-state index in [1.807, 2.05) is 0 Å². The van der Waals surface area contributed by atoms with Crippen molar-refractivity contribution in [1.29, 1.82) is 0 Å². The zero-order chi connectivity index (χ0) is 10.6. The van der Waals surface area contributed by atoms with E-state index < -0.39 is 5.92 Å². The van der Waals surface area contributed by atoms with E-state index in [0.29, 0.717) is 0 Å². The molecule has 0 N–H and O–H groups in total. The Kier molecular flexibility index (Phi) is 3.78. The Morgan fingerprint density at radius 2 is 1.93 bits per heavy atom. The minimum absolute atomic E-state index is 0.0674. The molecule has 0 aliphatic carbocycles. The summed E-state index contributed by atoms with van der Waals surface area (Å²) in [6, 6.07) is 7.58. The molecule has 1 aromatic rings. The number of alkyl halides is 2. The molecule has 0 radical (unpaired) electrons. The number of benzene rings is 1. The summed E-state index contributed by atoms with van der Waals surface area (Å²) >= 11 is 2.26. The summed E-state index contributed by atoms with van der Waals surface area (Å²) in [6.07, 6.45) is 0. The Morgan fingerprint density at radius 3 is 2.43 bits per heavy atom. The van der Waals surface area contributed by atoms with Crippen molar-refractivity contribution in [2.75, 3.05) is 6.61 Å². The van der Waals surface area contributed by atoms with Crippen molar-refractivity contribution in [3.8, 4) is 0 Å². The number of hydrogen-bond donors (Lipinski definition) is 0. The van der Waals surface area contributed by atoms with Crippen molar-refractivity contribution in [3.63, 3.8) is 0 Å². The van der Waals surface area contributed by atoms with Gasteiger partial charge < -0.3 is 0 Å². The fraction of sp³-hybridized carbons (Fsp3) is 0.300. The van der Waals surface area contributed by atoms with Gasteiger partial charge in [0.25, 0.3) is 0 Å². The number of halogens is 2. The van der Waals surface area contributed by atoms with Gasteiger partial charge in [-0.1, -0.05) is 0 Å². The van der Waals surface area contributed by atoms with E-state index in [-0.39, 0.29) is 16.8 Å². The van der Waals surface area contributed by atoms with Gasteiger partial charge in [-0.15, -0.1) is 0 Å². The van der Waals surface area contributed by atoms with Crippen LogP contribution in [-0.4, -0.2) is 26.8 Å². The van der Waals surface area contributed by atoms with Crippen molar-refractivity contribution < 1.29 is 13.5 Å². The standard InChI is InChI=1S/C10H10F2OSe/c1-2-13-9(14)10(11,12)8-6-4-3-5-7-8/h3-7H,2H2,1H3. The summed E-state index contributed by atoms with van der Waals surface area (Å²) in [5.74, 6) is -3.06. The van der Waals surface area contributed by atoms with E-state index in [2.05, 4.69) is 15.6 Å². The van der Waals surface area contributed by atoms with Crippen molar-refractivity contribution in [3.05, 3.63) is 35.9 Å². The summed E-state index contributed by atoms with van der Waals surface area (Å²) in [5, 5.41) is 0. The Labute approximate surface area is 89.4 Å². The second-order valence-electron chi connectivity index (χ2n) is 2.66. The SMILES string of the molecule is CCOC(=[Se])C(F)(F)c1ccccc1. The van der Waals surface area contributed by atoms with Crippen LogP contribution in [0.3, 0.4) is 0 Å². The second-order valence-corrected chi connectivity index (χ2v) is 3.44. The van der Waals surface area contributed by atoms with Gasteiger partial charge in [0.15, 0.2) is 0 Å². The van der Waals surface area contributed by atoms with E-state index >= 15 is 0 Å². The maximum absolute atomic E-state index is 13.5. The minimum atomic E-state index is -3.06. The van der Waals surface area contributed by atoms with Crippen LogP contribution in [0, 0.1) is 0 Å². The van der Waals surface area contributed by atoms with E-state index in [1.54, 1.807) is 25.1 Å². The molecule has 0 aliphatic heterocycles. The fourth-order valence-electron chi connectivity index (χ4n) is 0.987. The summed E-state index contributed by atoms with van der Waals surface area (Å²) < 4.78 is 31.5. The predicted molar refractivity (Wildman–Crippen MR) is 52.7 cm³/mol. The van der Waals surface area contributed by atoms with E-state index in [0.717, 1.165) is 0 Å². The monoisotopic (exact) mass is 264 g/mol. The molecule has 0 heterocycles. The molecule has 1 rings (SSSR count). The molecule has 14 heavy (non-hydrogen) atoms. The van der Waals surface area contributed by atoms with Gasteiger partial charge in [0.1, 0.15) is 0 Å². The van der Waals surface area contributed by atoms with Gasteiger partial charge in [-0.25, -0.2) is 0 Å². The first-order valence-electron chi connectivity index (χ1n) is 4.19. The number of ether oxygens (including phenoxy) is 1. The van der Waals surface area contributed by atoms with Crippen LogP contribution in [-0.2, 0) is 10.7 Å². The molecule has 0 fully saturated rings. The van der Waals surface area contributed by atoms with Gasteiger partial charge in [0, 0.05) is 0 Å². The maximum atomic E-state index is 13.5. The van der Waals surface area contributed by atoms with Crippen molar-refractivity contribution in [1.82, 2.24) is 0 Å². The van der Waals surface area contributed by atoms with Gasteiger partial charge in [-0.2, -0.15) is 0 Å². The van der Waals surface area contributed by atoms with Crippen LogP contribution < -0.4 is 0 Å². The third-order valence-electron chi connectivity index (χ3n) is 1.67. The molecule has 1 aromatic carbocycles. The Bertz CT molecular complexity index is 311. The second kappa shape index (κ2) is 4.67. The molecule has 0 unspecified atom stereocenters. The molecule has 0 amide bonds. The normalized spacial score (nSPS) is 11.1. The molecule has 0 spiro atoms. The van der Waals surface area contributed by atoms with Crippen molar-refractivity contribution in [2.45, 2.75) is 12.8 Å². The molecule has 0 aliphatic rings. The topological polar surface area (TPSA) is 9.23 Å². The Hall–Kier alpha value is -0.731. The summed E-state index contributed by atoms with van der Waals surface area (Å²) in [5.41, 5.74) is -0.0674. The van der Waals surface area contributed by atoms with Crippen LogP contribution in [0.5, 0.6) is 0 Å². The fourth-order valence-corrected chi connectivity index (χ4v) is 1.48. The van der Waals surface area contributed by atoms with Crippen molar-refractivity contribution in [2.24, 2.45) is 0 Å². The van der Waals surface area contributed by atoms with Crippen LogP contribution in [0.15, 0.2) is 30.3 Å². The molecule has 0 aromatic heterocycles. The molecule has 1 nitrogen and oxygen atoms in total. The third kappa shape index (κ3) is 2.40. The van der Waals surface area contributed by atoms with E-state index in [4.69, 9.17) is 4.74 Å². The third-order valence-corrected chi connectivity index (χ3v) is 2.45. The average Bonchev–Trinajstić information content (AvgIpc) is 2.19. The molecule has 0 bridgehead atoms. The molecule has 0 saturated carbocycles. The first kappa shape index (κ1) is 11.3. The van der Waals surface area contributed by atoms with Gasteiger partial charge >= 0.3 is 89.0 Å². The quantitative estimate of drug-likeness (QED) is 0.756. The Morgan fingerprint density at radius 1 is 1.36 bits per heavy atom. The summed E-state index contributed by atoms with van der Waals surface area (Å²) in [7, 11) is 0. The number of rotatable bonds is 4. The molecular formula is C10H10F2OSe. The molecule has 0 atom stereocenters. The predicted octanol–water partition coefficient (Wildman–Crippen LogP) is 2.11. The zero-order valence-electron chi connectivity index (χ0n) is 7.67. The average molecular weight is 263 g/mol. The van der Waals surface area contributed by atoms with Gasteiger partial charge in [-0.3, -0.25) is 0 Å². The van der Waals surface area contributed by atoms with Crippen LogP contribution in [0.1, 0.15) is 12.5 Å². The molecule has 76 valence electrons. The zero-order valence-corrected chi connectivity index (χ0v) is 9.38.